The normalized spacial score (nSPS) is 22.9. The molecule has 1 aromatic rings. The van der Waals surface area contributed by atoms with E-state index in [2.05, 4.69) is 21.3 Å². The van der Waals surface area contributed by atoms with Gasteiger partial charge in [-0.3, -0.25) is 4.90 Å². The maximum absolute atomic E-state index is 5.19. The maximum atomic E-state index is 5.19. The van der Waals surface area contributed by atoms with Crippen molar-refractivity contribution in [2.75, 3.05) is 33.3 Å². The first-order valence-electron chi connectivity index (χ1n) is 7.83. The summed E-state index contributed by atoms with van der Waals surface area (Å²) in [6.45, 7) is 4.50. The van der Waals surface area contributed by atoms with Crippen molar-refractivity contribution >= 4 is 0 Å². The Morgan fingerprint density at radius 2 is 2.00 bits per heavy atom. The van der Waals surface area contributed by atoms with E-state index >= 15 is 0 Å². The van der Waals surface area contributed by atoms with E-state index in [1.165, 1.54) is 31.2 Å². The Morgan fingerprint density at radius 3 is 2.60 bits per heavy atom. The Bertz CT molecular complexity index is 408. The molecule has 0 unspecified atom stereocenters. The summed E-state index contributed by atoms with van der Waals surface area (Å²) < 4.78 is 5.19. The molecule has 2 fully saturated rings. The summed E-state index contributed by atoms with van der Waals surface area (Å²) in [6, 6.07) is 4.74. The van der Waals surface area contributed by atoms with Gasteiger partial charge >= 0.3 is 0 Å². The highest BCUT2D eigenvalue weighted by Gasteiger charge is 2.31. The molecular weight excluding hydrogens is 250 g/mol. The molecule has 1 N–H and O–H groups in total. The molecule has 1 saturated carbocycles. The van der Waals surface area contributed by atoms with Gasteiger partial charge in [-0.15, -0.1) is 0 Å². The number of hydrogen-bond donors (Lipinski definition) is 1. The Morgan fingerprint density at radius 1 is 1.25 bits per heavy atom. The lowest BCUT2D eigenvalue weighted by Crippen LogP contribution is -2.46. The first-order valence-corrected chi connectivity index (χ1v) is 7.83. The van der Waals surface area contributed by atoms with E-state index in [9.17, 15) is 0 Å². The minimum absolute atomic E-state index is 0.540. The molecule has 20 heavy (non-hydrogen) atoms. The SMILES string of the molecule is COc1ccc([C@H](C2CCCC2)N2CCNCC2)cn1. The predicted molar refractivity (Wildman–Crippen MR) is 79.9 cm³/mol. The first-order chi connectivity index (χ1) is 9.88. The van der Waals surface area contributed by atoms with Gasteiger partial charge in [-0.2, -0.15) is 0 Å². The Balaban J connectivity index is 1.82. The number of ether oxygens (including phenoxy) is 1. The van der Waals surface area contributed by atoms with Crippen molar-refractivity contribution in [1.82, 2.24) is 15.2 Å². The zero-order valence-corrected chi connectivity index (χ0v) is 12.3. The van der Waals surface area contributed by atoms with E-state index in [1.54, 1.807) is 7.11 Å². The summed E-state index contributed by atoms with van der Waals surface area (Å²) in [7, 11) is 1.67. The van der Waals surface area contributed by atoms with Crippen LogP contribution in [0, 0.1) is 5.92 Å². The zero-order valence-electron chi connectivity index (χ0n) is 12.3. The molecule has 0 bridgehead atoms. The third-order valence-corrected chi connectivity index (χ3v) is 4.70. The average molecular weight is 275 g/mol. The molecule has 2 aliphatic rings. The number of rotatable bonds is 4. The topological polar surface area (TPSA) is 37.4 Å². The second-order valence-electron chi connectivity index (χ2n) is 5.91. The highest BCUT2D eigenvalue weighted by molar-refractivity contribution is 5.22. The second kappa shape index (κ2) is 6.55. The van der Waals surface area contributed by atoms with Crippen molar-refractivity contribution in [3.8, 4) is 5.88 Å². The fourth-order valence-electron chi connectivity index (χ4n) is 3.70. The van der Waals surface area contributed by atoms with Crippen molar-refractivity contribution in [2.45, 2.75) is 31.7 Å². The van der Waals surface area contributed by atoms with Crippen molar-refractivity contribution < 1.29 is 4.74 Å². The summed E-state index contributed by atoms with van der Waals surface area (Å²) in [6.07, 6.45) is 7.51. The molecule has 0 amide bonds. The average Bonchev–Trinajstić information content (AvgIpc) is 3.03. The summed E-state index contributed by atoms with van der Waals surface area (Å²) >= 11 is 0. The predicted octanol–water partition coefficient (Wildman–Crippen LogP) is 2.23. The number of hydrogen-bond acceptors (Lipinski definition) is 4. The lowest BCUT2D eigenvalue weighted by atomic mass is 9.90. The van der Waals surface area contributed by atoms with Crippen LogP contribution in [0.5, 0.6) is 5.88 Å². The fourth-order valence-corrected chi connectivity index (χ4v) is 3.70. The van der Waals surface area contributed by atoms with Crippen LogP contribution >= 0.6 is 0 Å². The van der Waals surface area contributed by atoms with Crippen LogP contribution in [0.15, 0.2) is 18.3 Å². The van der Waals surface area contributed by atoms with E-state index in [1.807, 2.05) is 12.3 Å². The smallest absolute Gasteiger partial charge is 0.212 e. The van der Waals surface area contributed by atoms with E-state index in [0.717, 1.165) is 32.1 Å². The summed E-state index contributed by atoms with van der Waals surface area (Å²) in [5.41, 5.74) is 1.36. The molecule has 1 saturated heterocycles. The van der Waals surface area contributed by atoms with Crippen molar-refractivity contribution in [2.24, 2.45) is 5.92 Å². The standard InChI is InChI=1S/C16H25N3O/c1-20-15-7-6-14(12-18-15)16(13-4-2-3-5-13)19-10-8-17-9-11-19/h6-7,12-13,16-17H,2-5,8-11H2,1H3/t16-/m0/s1. The van der Waals surface area contributed by atoms with Gasteiger partial charge in [0.2, 0.25) is 5.88 Å². The highest BCUT2D eigenvalue weighted by Crippen LogP contribution is 2.39. The zero-order chi connectivity index (χ0) is 13.8. The van der Waals surface area contributed by atoms with E-state index in [0.29, 0.717) is 11.9 Å². The van der Waals surface area contributed by atoms with Gasteiger partial charge in [-0.05, 0) is 24.3 Å². The number of aromatic nitrogens is 1. The van der Waals surface area contributed by atoms with Crippen LogP contribution in [0.1, 0.15) is 37.3 Å². The van der Waals surface area contributed by atoms with Gasteiger partial charge in [0.25, 0.3) is 0 Å². The van der Waals surface area contributed by atoms with Gasteiger partial charge in [-0.25, -0.2) is 4.98 Å². The molecule has 0 aromatic carbocycles. The maximum Gasteiger partial charge on any atom is 0.212 e. The molecule has 3 rings (SSSR count). The number of nitrogens with one attached hydrogen (secondary N) is 1. The van der Waals surface area contributed by atoms with Crippen LogP contribution in [0.4, 0.5) is 0 Å². The molecule has 1 aromatic heterocycles. The Labute approximate surface area is 121 Å². The van der Waals surface area contributed by atoms with Crippen LogP contribution in [-0.4, -0.2) is 43.2 Å². The van der Waals surface area contributed by atoms with Crippen LogP contribution in [0.3, 0.4) is 0 Å². The molecule has 1 aliphatic heterocycles. The minimum Gasteiger partial charge on any atom is -0.481 e. The molecule has 1 aliphatic carbocycles. The lowest BCUT2D eigenvalue weighted by molar-refractivity contribution is 0.125. The monoisotopic (exact) mass is 275 g/mol. The quantitative estimate of drug-likeness (QED) is 0.914. The van der Waals surface area contributed by atoms with E-state index in [4.69, 9.17) is 4.74 Å². The van der Waals surface area contributed by atoms with Crippen molar-refractivity contribution in [3.63, 3.8) is 0 Å². The van der Waals surface area contributed by atoms with E-state index in [-0.39, 0.29) is 0 Å². The van der Waals surface area contributed by atoms with Gasteiger partial charge in [0.05, 0.1) is 7.11 Å². The molecule has 4 nitrogen and oxygen atoms in total. The van der Waals surface area contributed by atoms with Gasteiger partial charge in [0.15, 0.2) is 0 Å². The molecular formula is C16H25N3O. The molecule has 1 atom stereocenters. The lowest BCUT2D eigenvalue weighted by Gasteiger charge is -2.38. The number of methoxy groups -OCH3 is 1. The molecule has 4 heteroatoms. The molecule has 110 valence electrons. The summed E-state index contributed by atoms with van der Waals surface area (Å²) in [5, 5.41) is 3.45. The van der Waals surface area contributed by atoms with Gasteiger partial charge in [-0.1, -0.05) is 18.9 Å². The fraction of sp³-hybridized carbons (Fsp3) is 0.688. The van der Waals surface area contributed by atoms with Gasteiger partial charge < -0.3 is 10.1 Å². The third kappa shape index (κ3) is 2.96. The van der Waals surface area contributed by atoms with Crippen LogP contribution < -0.4 is 10.1 Å². The summed E-state index contributed by atoms with van der Waals surface area (Å²) in [5.74, 6) is 1.50. The van der Waals surface area contributed by atoms with Crippen LogP contribution in [0.25, 0.3) is 0 Å². The first kappa shape index (κ1) is 13.8. The number of pyridine rings is 1. The van der Waals surface area contributed by atoms with Gasteiger partial charge in [0, 0.05) is 44.5 Å². The molecule has 2 heterocycles. The molecule has 0 radical (unpaired) electrons. The third-order valence-electron chi connectivity index (χ3n) is 4.70. The van der Waals surface area contributed by atoms with E-state index < -0.39 is 0 Å². The largest absolute Gasteiger partial charge is 0.481 e. The second-order valence-corrected chi connectivity index (χ2v) is 5.91. The van der Waals surface area contributed by atoms with Gasteiger partial charge in [0.1, 0.15) is 0 Å². The van der Waals surface area contributed by atoms with Crippen molar-refractivity contribution in [1.29, 1.82) is 0 Å². The number of piperazine rings is 1. The molecule has 0 spiro atoms. The van der Waals surface area contributed by atoms with Crippen LogP contribution in [0.2, 0.25) is 0 Å². The highest BCUT2D eigenvalue weighted by atomic mass is 16.5. The Kier molecular flexibility index (Phi) is 4.53. The minimum atomic E-state index is 0.540. The van der Waals surface area contributed by atoms with Crippen LogP contribution in [-0.2, 0) is 0 Å². The van der Waals surface area contributed by atoms with Crippen molar-refractivity contribution in [3.05, 3.63) is 23.9 Å². The number of nitrogens with zero attached hydrogens (tertiary/aromatic N) is 2. The summed E-state index contributed by atoms with van der Waals surface area (Å²) in [4.78, 5) is 7.07. The Hall–Kier alpha value is -1.13.